The molecular formula is C44H67N19O10. The first-order valence-corrected chi connectivity index (χ1v) is 23.2. The van der Waals surface area contributed by atoms with Crippen molar-refractivity contribution in [3.63, 3.8) is 0 Å². The average molecular weight is 1020 g/mol. The van der Waals surface area contributed by atoms with Crippen molar-refractivity contribution in [3.05, 3.63) is 72.0 Å². The first-order valence-electron chi connectivity index (χ1n) is 23.2. The Morgan fingerprint density at radius 3 is 1.93 bits per heavy atom. The Morgan fingerprint density at radius 1 is 0.753 bits per heavy atom. The molecule has 1 atom stereocenters. The second-order valence-corrected chi connectivity index (χ2v) is 19.2. The van der Waals surface area contributed by atoms with Crippen LogP contribution >= 0.6 is 0 Å². The molecule has 29 nitrogen and oxygen atoms in total. The van der Waals surface area contributed by atoms with Crippen molar-refractivity contribution < 1.29 is 28.8 Å². The number of carbonyl (C=O) groups is 6. The fourth-order valence-electron chi connectivity index (χ4n) is 7.27. The van der Waals surface area contributed by atoms with E-state index < -0.39 is 96.2 Å². The van der Waals surface area contributed by atoms with Crippen LogP contribution in [-0.4, -0.2) is 165 Å². The van der Waals surface area contributed by atoms with Crippen molar-refractivity contribution in [1.82, 2.24) is 74.6 Å². The number of fused-ring (bicyclic) bond motifs is 1. The van der Waals surface area contributed by atoms with E-state index >= 15 is 0 Å². The van der Waals surface area contributed by atoms with Gasteiger partial charge in [0.2, 0.25) is 35.5 Å². The summed E-state index contributed by atoms with van der Waals surface area (Å²) in [5, 5.41) is 18.8. The molecule has 0 saturated heterocycles. The Balaban J connectivity index is 1.55. The number of nitrogens with one attached hydrogen (secondary N) is 7. The van der Waals surface area contributed by atoms with Gasteiger partial charge in [-0.1, -0.05) is 20.8 Å². The van der Waals surface area contributed by atoms with Crippen LogP contribution in [0.2, 0.25) is 0 Å². The Bertz CT molecular complexity index is 2910. The van der Waals surface area contributed by atoms with Gasteiger partial charge in [-0.05, 0) is 46.6 Å². The number of aromatic nitrogens is 8. The van der Waals surface area contributed by atoms with Crippen molar-refractivity contribution in [3.8, 4) is 0 Å². The molecule has 398 valence electrons. The van der Waals surface area contributed by atoms with E-state index in [1.54, 1.807) is 20.8 Å². The van der Waals surface area contributed by atoms with Crippen molar-refractivity contribution in [1.29, 1.82) is 5.41 Å². The number of nitrogen functional groups attached to an aromatic ring is 2. The summed E-state index contributed by atoms with van der Waals surface area (Å²) in [5.74, 6) is -4.21. The normalized spacial score (nSPS) is 11.9. The van der Waals surface area contributed by atoms with E-state index in [0.717, 1.165) is 14.0 Å². The minimum atomic E-state index is -1.06. The first kappa shape index (κ1) is 57.3. The summed E-state index contributed by atoms with van der Waals surface area (Å²) in [4.78, 5) is 152. The van der Waals surface area contributed by atoms with Crippen LogP contribution in [0.3, 0.4) is 0 Å². The number of Topliss-reactive ketones (excluding diaryl/α,β-unsaturated/α-hetero) is 1. The average Bonchev–Trinajstić information content (AvgIpc) is 3.68. The van der Waals surface area contributed by atoms with Gasteiger partial charge in [0.05, 0.1) is 25.5 Å². The Morgan fingerprint density at radius 2 is 1.34 bits per heavy atom. The van der Waals surface area contributed by atoms with Gasteiger partial charge in [0, 0.05) is 74.7 Å². The van der Waals surface area contributed by atoms with Crippen molar-refractivity contribution >= 4 is 64.2 Å². The van der Waals surface area contributed by atoms with Crippen LogP contribution in [0.4, 0.5) is 11.8 Å². The number of carbonyl (C=O) groups excluding carboxylic acids is 6. The molecule has 0 bridgehead atoms. The first-order chi connectivity index (χ1) is 34.1. The van der Waals surface area contributed by atoms with Crippen LogP contribution in [0.1, 0.15) is 59.9 Å². The van der Waals surface area contributed by atoms with Gasteiger partial charge in [-0.2, -0.15) is 9.97 Å². The summed E-state index contributed by atoms with van der Waals surface area (Å²) < 4.78 is 3.29. The van der Waals surface area contributed by atoms with Gasteiger partial charge in [-0.25, -0.2) is 14.6 Å². The Labute approximate surface area is 418 Å². The molecule has 0 aliphatic rings. The third-order valence-corrected chi connectivity index (χ3v) is 11.0. The molecule has 0 aliphatic heterocycles. The van der Waals surface area contributed by atoms with E-state index in [2.05, 4.69) is 46.2 Å². The number of hydrogen-bond acceptors (Lipinski definition) is 17. The van der Waals surface area contributed by atoms with Gasteiger partial charge in [0.1, 0.15) is 25.5 Å². The molecule has 0 saturated carbocycles. The van der Waals surface area contributed by atoms with Crippen LogP contribution in [-0.2, 0) is 48.4 Å². The smallest absolute Gasteiger partial charge is 0.349 e. The number of hydrogen-bond donors (Lipinski definition) is 10. The van der Waals surface area contributed by atoms with Crippen LogP contribution in [0.5, 0.6) is 0 Å². The fraction of sp³-hybridized carbons (Fsp3) is 0.545. The number of amides is 5. The largest absolute Gasteiger partial charge is 0.383 e. The standard InChI is InChI=1S/C44H67N19O10/c1-26-19-61(42(73)57-37(26)70)23-32(67)58(16-12-49-29(64)21-59(17-14-53-44(5,6)7)31(66)22-60-15-10-28(45)54-41(60)72)20-30(65)50-13-18-63(27(35(69)43(2,3)4)9-8-11-51-39(46)47)33(68)24-62-25-52-34-36(62)55-40(48)56-38(34)71/h10,15,19,25,27,53H,8-9,11-14,16-18,20-24H2,1-7H3,(H,49,64)(H,50,65)(H2,45,54,72)(H4,46,47,51)(H,57,70,73)(H3,48,55,56,71)/t27-/m0/s1. The van der Waals surface area contributed by atoms with Gasteiger partial charge in [0.25, 0.3) is 11.1 Å². The lowest BCUT2D eigenvalue weighted by atomic mass is 9.84. The number of aromatic amines is 2. The van der Waals surface area contributed by atoms with Gasteiger partial charge in [-0.3, -0.25) is 62.9 Å². The van der Waals surface area contributed by atoms with Crippen molar-refractivity contribution in [2.45, 2.75) is 92.5 Å². The minimum absolute atomic E-state index is 0.0109. The van der Waals surface area contributed by atoms with Gasteiger partial charge in [0.15, 0.2) is 22.9 Å². The highest BCUT2D eigenvalue weighted by Crippen LogP contribution is 2.23. The highest BCUT2D eigenvalue weighted by atomic mass is 16.2. The van der Waals surface area contributed by atoms with E-state index in [9.17, 15) is 47.9 Å². The molecule has 0 aliphatic carbocycles. The van der Waals surface area contributed by atoms with Gasteiger partial charge in [-0.15, -0.1) is 0 Å². The maximum absolute atomic E-state index is 14.3. The maximum Gasteiger partial charge on any atom is 0.349 e. The molecule has 0 unspecified atom stereocenters. The second kappa shape index (κ2) is 25.2. The molecule has 29 heteroatoms. The van der Waals surface area contributed by atoms with Crippen molar-refractivity contribution in [2.24, 2.45) is 11.1 Å². The van der Waals surface area contributed by atoms with Crippen molar-refractivity contribution in [2.75, 3.05) is 70.4 Å². The number of rotatable bonds is 25. The van der Waals surface area contributed by atoms with Gasteiger partial charge < -0.3 is 57.7 Å². The topological polar surface area (TPSA) is 415 Å². The number of aryl methyl sites for hydroxylation is 1. The zero-order valence-corrected chi connectivity index (χ0v) is 42.1. The number of ketones is 1. The molecule has 4 aromatic rings. The Kier molecular flexibility index (Phi) is 19.8. The quantitative estimate of drug-likeness (QED) is 0.0171. The second-order valence-electron chi connectivity index (χ2n) is 19.2. The summed E-state index contributed by atoms with van der Waals surface area (Å²) in [6.07, 6.45) is 4.12. The monoisotopic (exact) mass is 1020 g/mol. The number of imidazole rings is 1. The number of guanidine groups is 1. The number of nitrogens with zero attached hydrogens (tertiary/aromatic N) is 9. The fourth-order valence-corrected chi connectivity index (χ4v) is 7.27. The lowest BCUT2D eigenvalue weighted by Gasteiger charge is -2.35. The molecule has 0 fully saturated rings. The molecule has 0 aromatic carbocycles. The molecular weight excluding hydrogens is 955 g/mol. The maximum atomic E-state index is 14.3. The molecule has 4 aromatic heterocycles. The number of nitrogens with two attached hydrogens (primary N) is 3. The SMILES string of the molecule is Cc1cn(CC(=O)N(CCNC(=O)CN(CCNC(C)(C)C)C(=O)Cn2ccc(N)nc2=O)CC(=O)NCCN(C(=O)Cn2cnc3c(=O)[nH]c(N)nc32)[C@@H](CCCNC(=N)N)C(=O)C(C)(C)C)c(=O)[nH]c1=O. The molecule has 5 amide bonds. The van der Waals surface area contributed by atoms with E-state index in [-0.39, 0.29) is 98.0 Å². The third-order valence-electron chi connectivity index (χ3n) is 11.0. The summed E-state index contributed by atoms with van der Waals surface area (Å²) in [6.45, 7) is 9.19. The molecule has 0 spiro atoms. The van der Waals surface area contributed by atoms with Gasteiger partial charge >= 0.3 is 11.4 Å². The third kappa shape index (κ3) is 17.5. The van der Waals surface area contributed by atoms with Crippen LogP contribution in [0, 0.1) is 17.7 Å². The molecule has 4 heterocycles. The molecule has 13 N–H and O–H groups in total. The summed E-state index contributed by atoms with van der Waals surface area (Å²) in [6, 6.07) is 0.289. The van der Waals surface area contributed by atoms with E-state index in [4.69, 9.17) is 22.6 Å². The number of anilines is 2. The highest BCUT2D eigenvalue weighted by Gasteiger charge is 2.36. The number of H-pyrrole nitrogens is 2. The zero-order chi connectivity index (χ0) is 54.4. The predicted octanol–water partition coefficient (Wildman–Crippen LogP) is -4.25. The van der Waals surface area contributed by atoms with E-state index in [0.29, 0.717) is 6.42 Å². The van der Waals surface area contributed by atoms with Crippen LogP contribution in [0.25, 0.3) is 11.2 Å². The predicted molar refractivity (Wildman–Crippen MR) is 268 cm³/mol. The highest BCUT2D eigenvalue weighted by molar-refractivity contribution is 5.93. The molecule has 0 radical (unpaired) electrons. The molecule has 4 rings (SSSR count). The lowest BCUT2D eigenvalue weighted by molar-refractivity contribution is -0.143. The van der Waals surface area contributed by atoms with E-state index in [1.165, 1.54) is 46.1 Å². The Hall–Kier alpha value is -8.24. The van der Waals surface area contributed by atoms with E-state index in [1.807, 2.05) is 20.8 Å². The summed E-state index contributed by atoms with van der Waals surface area (Å²) in [5.41, 5.74) is 12.7. The summed E-state index contributed by atoms with van der Waals surface area (Å²) in [7, 11) is 0. The summed E-state index contributed by atoms with van der Waals surface area (Å²) >= 11 is 0. The zero-order valence-electron chi connectivity index (χ0n) is 42.1. The van der Waals surface area contributed by atoms with Crippen LogP contribution in [0.15, 0.2) is 44.0 Å². The lowest BCUT2D eigenvalue weighted by Crippen LogP contribution is -2.53. The van der Waals surface area contributed by atoms with Crippen LogP contribution < -0.4 is 61.0 Å². The minimum Gasteiger partial charge on any atom is -0.383 e. The molecule has 73 heavy (non-hydrogen) atoms.